The van der Waals surface area contributed by atoms with E-state index < -0.39 is 11.9 Å². The highest BCUT2D eigenvalue weighted by atomic mass is 35.5. The summed E-state index contributed by atoms with van der Waals surface area (Å²) in [7, 11) is 1.30. The van der Waals surface area contributed by atoms with Gasteiger partial charge in [0.05, 0.1) is 18.4 Å². The highest BCUT2D eigenvalue weighted by molar-refractivity contribution is 6.30. The van der Waals surface area contributed by atoms with E-state index in [1.165, 1.54) is 13.2 Å². The van der Waals surface area contributed by atoms with Crippen molar-refractivity contribution in [3.05, 3.63) is 64.4 Å². The molecule has 0 saturated heterocycles. The van der Waals surface area contributed by atoms with E-state index in [9.17, 15) is 9.59 Å². The summed E-state index contributed by atoms with van der Waals surface area (Å²) in [6, 6.07) is 11.7. The van der Waals surface area contributed by atoms with Crippen molar-refractivity contribution in [1.82, 2.24) is 0 Å². The van der Waals surface area contributed by atoms with Gasteiger partial charge in [-0.15, -0.1) is 0 Å². The summed E-state index contributed by atoms with van der Waals surface area (Å²) in [5.41, 5.74) is 1.54. The summed E-state index contributed by atoms with van der Waals surface area (Å²) in [6.07, 6.45) is 1.61. The maximum Gasteiger partial charge on any atom is 0.337 e. The quantitative estimate of drug-likeness (QED) is 0.676. The zero-order valence-electron chi connectivity index (χ0n) is 12.1. The van der Waals surface area contributed by atoms with Gasteiger partial charge in [0.15, 0.2) is 11.5 Å². The van der Waals surface area contributed by atoms with Crippen molar-refractivity contribution < 1.29 is 19.1 Å². The van der Waals surface area contributed by atoms with Crippen LogP contribution in [0.5, 0.6) is 5.75 Å². The van der Waals surface area contributed by atoms with Crippen LogP contribution >= 0.6 is 11.6 Å². The standard InChI is InChI=1S/C17H12ClNO4/c1-22-17(21)11-4-7-14-13(9-11)19-16(20)15(23-14)8-10-2-5-12(18)6-3-10/h2-9H,1H3,(H,19,20)/b15-8+. The fourth-order valence-corrected chi connectivity index (χ4v) is 2.24. The number of benzene rings is 2. The second kappa shape index (κ2) is 6.14. The van der Waals surface area contributed by atoms with Gasteiger partial charge >= 0.3 is 5.97 Å². The predicted octanol–water partition coefficient (Wildman–Crippen LogP) is 3.50. The summed E-state index contributed by atoms with van der Waals surface area (Å²) in [6.45, 7) is 0. The minimum absolute atomic E-state index is 0.158. The Morgan fingerprint density at radius 1 is 1.22 bits per heavy atom. The van der Waals surface area contributed by atoms with E-state index in [2.05, 4.69) is 10.1 Å². The van der Waals surface area contributed by atoms with Gasteiger partial charge in [0.2, 0.25) is 0 Å². The molecule has 1 N–H and O–H groups in total. The second-order valence-corrected chi connectivity index (χ2v) is 5.26. The molecule has 116 valence electrons. The van der Waals surface area contributed by atoms with E-state index in [0.717, 1.165) is 5.56 Å². The van der Waals surface area contributed by atoms with Crippen LogP contribution in [-0.2, 0) is 9.53 Å². The van der Waals surface area contributed by atoms with Crippen LogP contribution in [0, 0.1) is 0 Å². The van der Waals surface area contributed by atoms with Crippen molar-refractivity contribution >= 4 is 35.2 Å². The van der Waals surface area contributed by atoms with Gasteiger partial charge in [-0.3, -0.25) is 4.79 Å². The maximum atomic E-state index is 12.1. The molecular formula is C17H12ClNO4. The van der Waals surface area contributed by atoms with Crippen LogP contribution in [0.4, 0.5) is 5.69 Å². The molecule has 5 nitrogen and oxygen atoms in total. The lowest BCUT2D eigenvalue weighted by Crippen LogP contribution is -2.23. The molecule has 23 heavy (non-hydrogen) atoms. The fourth-order valence-electron chi connectivity index (χ4n) is 2.12. The van der Waals surface area contributed by atoms with Crippen LogP contribution in [0.3, 0.4) is 0 Å². The van der Waals surface area contributed by atoms with E-state index in [4.69, 9.17) is 16.3 Å². The molecule has 1 amide bonds. The lowest BCUT2D eigenvalue weighted by atomic mass is 10.1. The van der Waals surface area contributed by atoms with Crippen molar-refractivity contribution in [3.8, 4) is 5.75 Å². The number of fused-ring (bicyclic) bond motifs is 1. The van der Waals surface area contributed by atoms with Crippen LogP contribution in [-0.4, -0.2) is 19.0 Å². The first-order valence-corrected chi connectivity index (χ1v) is 7.13. The number of nitrogens with one attached hydrogen (secondary N) is 1. The summed E-state index contributed by atoms with van der Waals surface area (Å²) in [5, 5.41) is 3.31. The summed E-state index contributed by atoms with van der Waals surface area (Å²) < 4.78 is 10.3. The third kappa shape index (κ3) is 3.19. The molecule has 0 bridgehead atoms. The van der Waals surface area contributed by atoms with Gasteiger partial charge in [0, 0.05) is 5.02 Å². The Kier molecular flexibility index (Phi) is 4.04. The van der Waals surface area contributed by atoms with E-state index >= 15 is 0 Å². The zero-order chi connectivity index (χ0) is 16.4. The van der Waals surface area contributed by atoms with Gasteiger partial charge in [-0.25, -0.2) is 4.79 Å². The molecule has 1 aliphatic rings. The number of carbonyl (C=O) groups excluding carboxylic acids is 2. The van der Waals surface area contributed by atoms with Crippen LogP contribution in [0.2, 0.25) is 5.02 Å². The molecule has 6 heteroatoms. The normalized spacial score (nSPS) is 14.7. The molecule has 0 radical (unpaired) electrons. The second-order valence-electron chi connectivity index (χ2n) is 4.82. The first-order chi connectivity index (χ1) is 11.1. The van der Waals surface area contributed by atoms with Crippen LogP contribution in [0.15, 0.2) is 48.2 Å². The van der Waals surface area contributed by atoms with Crippen molar-refractivity contribution in [2.45, 2.75) is 0 Å². The highest BCUT2D eigenvalue weighted by Crippen LogP contribution is 2.32. The monoisotopic (exact) mass is 329 g/mol. The number of amides is 1. The number of rotatable bonds is 2. The minimum atomic E-state index is -0.482. The third-order valence-electron chi connectivity index (χ3n) is 3.26. The van der Waals surface area contributed by atoms with E-state index in [0.29, 0.717) is 22.0 Å². The fraction of sp³-hybridized carbons (Fsp3) is 0.0588. The van der Waals surface area contributed by atoms with Crippen LogP contribution in [0.25, 0.3) is 6.08 Å². The molecule has 1 aliphatic heterocycles. The average molecular weight is 330 g/mol. The number of anilines is 1. The van der Waals surface area contributed by atoms with E-state index in [1.807, 2.05) is 0 Å². The summed E-state index contributed by atoms with van der Waals surface area (Å²) in [5.74, 6) is -0.262. The van der Waals surface area contributed by atoms with Gasteiger partial charge in [-0.1, -0.05) is 23.7 Å². The Hall–Kier alpha value is -2.79. The molecule has 2 aromatic carbocycles. The average Bonchev–Trinajstić information content (AvgIpc) is 2.56. The smallest absolute Gasteiger partial charge is 0.337 e. The summed E-state index contributed by atoms with van der Waals surface area (Å²) in [4.78, 5) is 23.6. The van der Waals surface area contributed by atoms with Crippen LogP contribution in [0.1, 0.15) is 15.9 Å². The lowest BCUT2D eigenvalue weighted by Gasteiger charge is -2.20. The first-order valence-electron chi connectivity index (χ1n) is 6.75. The molecule has 3 rings (SSSR count). The minimum Gasteiger partial charge on any atom is -0.465 e. The van der Waals surface area contributed by atoms with Gasteiger partial charge in [-0.2, -0.15) is 0 Å². The molecule has 0 aromatic heterocycles. The number of methoxy groups -OCH3 is 1. The summed E-state index contributed by atoms with van der Waals surface area (Å²) >= 11 is 5.83. The third-order valence-corrected chi connectivity index (χ3v) is 3.51. The van der Waals surface area contributed by atoms with Gasteiger partial charge in [0.1, 0.15) is 0 Å². The van der Waals surface area contributed by atoms with Crippen molar-refractivity contribution in [2.24, 2.45) is 0 Å². The Morgan fingerprint density at radius 2 is 1.96 bits per heavy atom. The van der Waals surface area contributed by atoms with E-state index in [-0.39, 0.29) is 5.76 Å². The molecule has 0 saturated carbocycles. The molecule has 1 heterocycles. The van der Waals surface area contributed by atoms with Gasteiger partial charge in [-0.05, 0) is 42.0 Å². The molecule has 2 aromatic rings. The number of halogens is 1. The SMILES string of the molecule is COC(=O)c1ccc2c(c1)NC(=O)/C(=C\c1ccc(Cl)cc1)O2. The van der Waals surface area contributed by atoms with Crippen molar-refractivity contribution in [1.29, 1.82) is 0 Å². The number of esters is 1. The Morgan fingerprint density at radius 3 is 2.65 bits per heavy atom. The maximum absolute atomic E-state index is 12.1. The molecule has 0 spiro atoms. The van der Waals surface area contributed by atoms with Crippen molar-refractivity contribution in [2.75, 3.05) is 12.4 Å². The Balaban J connectivity index is 1.90. The Labute approximate surface area is 137 Å². The largest absolute Gasteiger partial charge is 0.465 e. The number of carbonyl (C=O) groups is 2. The number of hydrogen-bond acceptors (Lipinski definition) is 4. The van der Waals surface area contributed by atoms with Gasteiger partial charge in [0.25, 0.3) is 5.91 Å². The van der Waals surface area contributed by atoms with Crippen molar-refractivity contribution in [3.63, 3.8) is 0 Å². The Bertz CT molecular complexity index is 812. The molecule has 0 fully saturated rings. The lowest BCUT2D eigenvalue weighted by molar-refractivity contribution is -0.115. The van der Waals surface area contributed by atoms with E-state index in [1.54, 1.807) is 42.5 Å². The number of ether oxygens (including phenoxy) is 2. The number of hydrogen-bond donors (Lipinski definition) is 1. The highest BCUT2D eigenvalue weighted by Gasteiger charge is 2.23. The zero-order valence-corrected chi connectivity index (χ0v) is 12.9. The molecule has 0 unspecified atom stereocenters. The topological polar surface area (TPSA) is 64.6 Å². The molecule has 0 aliphatic carbocycles. The van der Waals surface area contributed by atoms with Crippen LogP contribution < -0.4 is 10.1 Å². The molecular weight excluding hydrogens is 318 g/mol. The van der Waals surface area contributed by atoms with Gasteiger partial charge < -0.3 is 14.8 Å². The first kappa shape index (κ1) is 15.1. The molecule has 0 atom stereocenters. The predicted molar refractivity (Wildman–Crippen MR) is 86.5 cm³/mol.